The summed E-state index contributed by atoms with van der Waals surface area (Å²) < 4.78 is 5.50. The van der Waals surface area contributed by atoms with Crippen LogP contribution in [-0.2, 0) is 4.79 Å². The Labute approximate surface area is 213 Å². The van der Waals surface area contributed by atoms with Gasteiger partial charge in [0.1, 0.15) is 0 Å². The van der Waals surface area contributed by atoms with Crippen LogP contribution in [-0.4, -0.2) is 28.5 Å². The first-order chi connectivity index (χ1) is 17.5. The minimum atomic E-state index is -0.550. The second-order valence-corrected chi connectivity index (χ2v) is 8.68. The maximum Gasteiger partial charge on any atom is 0.325 e. The minimum Gasteiger partial charge on any atom is -0.424 e. The van der Waals surface area contributed by atoms with Gasteiger partial charge in [-0.3, -0.25) is 10.1 Å². The van der Waals surface area contributed by atoms with Gasteiger partial charge in [-0.2, -0.15) is 0 Å². The molecule has 8 nitrogen and oxygen atoms in total. The first-order valence-electron chi connectivity index (χ1n) is 11.2. The molecule has 9 heteroatoms. The molecule has 4 aromatic rings. The van der Waals surface area contributed by atoms with E-state index in [2.05, 4.69) is 20.8 Å². The van der Waals surface area contributed by atoms with Crippen LogP contribution in [0.2, 0.25) is 0 Å². The number of benzene rings is 3. The second-order valence-electron chi connectivity index (χ2n) is 7.80. The number of aromatic nitrogens is 2. The Kier molecular flexibility index (Phi) is 8.28. The Morgan fingerprint density at radius 3 is 2.31 bits per heavy atom. The lowest BCUT2D eigenvalue weighted by Gasteiger charge is -2.14. The quantitative estimate of drug-likeness (QED) is 0.166. The number of ether oxygens (including phenoxy) is 1. The lowest BCUT2D eigenvalue weighted by Crippen LogP contribution is -2.22. The van der Waals surface area contributed by atoms with Crippen LogP contribution in [0.5, 0.6) is 5.75 Å². The van der Waals surface area contributed by atoms with Gasteiger partial charge >= 0.3 is 12.0 Å². The molecule has 4 rings (SSSR count). The maximum absolute atomic E-state index is 12.5. The van der Waals surface area contributed by atoms with Crippen LogP contribution in [0.3, 0.4) is 0 Å². The maximum atomic E-state index is 12.5. The van der Waals surface area contributed by atoms with Crippen molar-refractivity contribution in [3.63, 3.8) is 0 Å². The number of carbonyl (C=O) groups is 2. The van der Waals surface area contributed by atoms with Gasteiger partial charge < -0.3 is 15.8 Å². The zero-order valence-corrected chi connectivity index (χ0v) is 20.4. The number of nitrogens with zero attached hydrogens (tertiary/aromatic N) is 2. The monoisotopic (exact) mass is 499 g/mol. The third-order valence-electron chi connectivity index (χ3n) is 5.27. The van der Waals surface area contributed by atoms with Crippen molar-refractivity contribution < 1.29 is 14.3 Å². The average molecular weight is 500 g/mol. The molecule has 0 aliphatic carbocycles. The molecule has 2 amide bonds. The summed E-state index contributed by atoms with van der Waals surface area (Å²) in [6, 6.07) is 26.4. The molecule has 0 aliphatic rings. The number of carbonyl (C=O) groups excluding carboxylic acids is 2. The molecular weight excluding hydrogens is 474 g/mol. The topological polar surface area (TPSA) is 119 Å². The van der Waals surface area contributed by atoms with Gasteiger partial charge in [0.15, 0.2) is 11.6 Å². The summed E-state index contributed by atoms with van der Waals surface area (Å²) in [4.78, 5) is 26.2. The molecule has 4 N–H and O–H groups in total. The van der Waals surface area contributed by atoms with Crippen LogP contribution in [0, 0.1) is 0 Å². The number of hydrogen-bond acceptors (Lipinski definition) is 7. The standard InChI is InChI=1S/C27H25N5O3S/c1-36-20-13-11-18(12-14-20)21(28)17-26(33)35-24-10-6-5-9-23(24)29-27(34)30-25-16-15-22(31-32-25)19-7-3-2-4-8-19/h2-16,21H,17,28H2,1H3,(H2,29,30,32,34). The van der Waals surface area contributed by atoms with Crippen molar-refractivity contribution in [1.82, 2.24) is 10.2 Å². The number of esters is 1. The van der Waals surface area contributed by atoms with E-state index in [1.807, 2.05) is 60.9 Å². The van der Waals surface area contributed by atoms with E-state index in [4.69, 9.17) is 10.5 Å². The van der Waals surface area contributed by atoms with Crippen LogP contribution < -0.4 is 21.1 Å². The van der Waals surface area contributed by atoms with Crippen molar-refractivity contribution in [2.75, 3.05) is 16.9 Å². The molecule has 1 aromatic heterocycles. The number of nitrogens with one attached hydrogen (secondary N) is 2. The van der Waals surface area contributed by atoms with E-state index in [0.717, 1.165) is 16.0 Å². The van der Waals surface area contributed by atoms with Crippen molar-refractivity contribution in [3.8, 4) is 17.0 Å². The number of hydrogen-bond donors (Lipinski definition) is 3. The molecule has 0 bridgehead atoms. The molecule has 0 fully saturated rings. The number of rotatable bonds is 8. The molecule has 3 aromatic carbocycles. The molecule has 1 atom stereocenters. The fraction of sp³-hybridized carbons (Fsp3) is 0.111. The lowest BCUT2D eigenvalue weighted by atomic mass is 10.1. The van der Waals surface area contributed by atoms with Gasteiger partial charge in [-0.05, 0) is 48.2 Å². The van der Waals surface area contributed by atoms with Gasteiger partial charge in [0.25, 0.3) is 0 Å². The third-order valence-corrected chi connectivity index (χ3v) is 6.01. The average Bonchev–Trinajstić information content (AvgIpc) is 2.90. The summed E-state index contributed by atoms with van der Waals surface area (Å²) >= 11 is 1.63. The van der Waals surface area contributed by atoms with E-state index < -0.39 is 18.0 Å². The lowest BCUT2D eigenvalue weighted by molar-refractivity contribution is -0.134. The van der Waals surface area contributed by atoms with E-state index in [1.165, 1.54) is 0 Å². The predicted molar refractivity (Wildman–Crippen MR) is 142 cm³/mol. The first kappa shape index (κ1) is 24.9. The number of amides is 2. The number of urea groups is 1. The Bertz CT molecular complexity index is 1320. The molecule has 0 aliphatic heterocycles. The summed E-state index contributed by atoms with van der Waals surface area (Å²) in [7, 11) is 0. The van der Waals surface area contributed by atoms with Gasteiger partial charge in [-0.1, -0.05) is 54.6 Å². The Hall–Kier alpha value is -4.21. The smallest absolute Gasteiger partial charge is 0.325 e. The van der Waals surface area contributed by atoms with Crippen LogP contribution in [0.25, 0.3) is 11.3 Å². The number of para-hydroxylation sites is 2. The number of thioether (sulfide) groups is 1. The van der Waals surface area contributed by atoms with Crippen LogP contribution >= 0.6 is 11.8 Å². The van der Waals surface area contributed by atoms with E-state index in [1.54, 1.807) is 48.2 Å². The molecule has 1 heterocycles. The van der Waals surface area contributed by atoms with E-state index >= 15 is 0 Å². The highest BCUT2D eigenvalue weighted by molar-refractivity contribution is 7.98. The Balaban J connectivity index is 1.35. The summed E-state index contributed by atoms with van der Waals surface area (Å²) in [5.74, 6) is -0.0123. The van der Waals surface area contributed by atoms with Crippen LogP contribution in [0.15, 0.2) is 95.9 Å². The normalized spacial score (nSPS) is 11.4. The largest absolute Gasteiger partial charge is 0.424 e. The van der Waals surface area contributed by atoms with E-state index in [9.17, 15) is 9.59 Å². The Morgan fingerprint density at radius 2 is 1.61 bits per heavy atom. The Morgan fingerprint density at radius 1 is 0.889 bits per heavy atom. The molecular formula is C27H25N5O3S. The zero-order chi connectivity index (χ0) is 25.3. The van der Waals surface area contributed by atoms with Crippen LogP contribution in [0.1, 0.15) is 18.0 Å². The van der Waals surface area contributed by atoms with Crippen molar-refractivity contribution >= 4 is 35.3 Å². The molecule has 36 heavy (non-hydrogen) atoms. The molecule has 1 unspecified atom stereocenters. The molecule has 0 radical (unpaired) electrons. The second kappa shape index (κ2) is 12.0. The predicted octanol–water partition coefficient (Wildman–Crippen LogP) is 5.51. The first-order valence-corrected chi connectivity index (χ1v) is 12.4. The van der Waals surface area contributed by atoms with Gasteiger partial charge in [0, 0.05) is 16.5 Å². The summed E-state index contributed by atoms with van der Waals surface area (Å²) in [6.45, 7) is 0. The molecule has 0 saturated heterocycles. The number of anilines is 2. The number of nitrogens with two attached hydrogens (primary N) is 1. The fourth-order valence-corrected chi connectivity index (χ4v) is 3.81. The van der Waals surface area contributed by atoms with Crippen molar-refractivity contribution in [2.24, 2.45) is 5.73 Å². The van der Waals surface area contributed by atoms with Crippen LogP contribution in [0.4, 0.5) is 16.3 Å². The third kappa shape index (κ3) is 6.68. The zero-order valence-electron chi connectivity index (χ0n) is 19.5. The van der Waals surface area contributed by atoms with Gasteiger partial charge in [-0.25, -0.2) is 4.79 Å². The van der Waals surface area contributed by atoms with E-state index in [-0.39, 0.29) is 18.0 Å². The highest BCUT2D eigenvalue weighted by Gasteiger charge is 2.16. The SMILES string of the molecule is CSc1ccc(C(N)CC(=O)Oc2ccccc2NC(=O)Nc2ccc(-c3ccccc3)nn2)cc1. The summed E-state index contributed by atoms with van der Waals surface area (Å²) in [5.41, 5.74) is 8.98. The van der Waals surface area contributed by atoms with Gasteiger partial charge in [0.05, 0.1) is 17.8 Å². The highest BCUT2D eigenvalue weighted by atomic mass is 32.2. The summed E-state index contributed by atoms with van der Waals surface area (Å²) in [5, 5.41) is 13.5. The fourth-order valence-electron chi connectivity index (χ4n) is 3.40. The minimum absolute atomic E-state index is 0.0114. The van der Waals surface area contributed by atoms with E-state index in [0.29, 0.717) is 11.4 Å². The highest BCUT2D eigenvalue weighted by Crippen LogP contribution is 2.26. The van der Waals surface area contributed by atoms with Gasteiger partial charge in [-0.15, -0.1) is 22.0 Å². The molecule has 182 valence electrons. The molecule has 0 saturated carbocycles. The van der Waals surface area contributed by atoms with Crippen molar-refractivity contribution in [1.29, 1.82) is 0 Å². The summed E-state index contributed by atoms with van der Waals surface area (Å²) in [6.07, 6.45) is 1.98. The molecule has 0 spiro atoms. The van der Waals surface area contributed by atoms with Crippen molar-refractivity contribution in [2.45, 2.75) is 17.4 Å². The van der Waals surface area contributed by atoms with Gasteiger partial charge in [0.2, 0.25) is 0 Å². The van der Waals surface area contributed by atoms with Crippen molar-refractivity contribution in [3.05, 3.63) is 96.6 Å².